The summed E-state index contributed by atoms with van der Waals surface area (Å²) in [5.74, 6) is -0.412. The summed E-state index contributed by atoms with van der Waals surface area (Å²) in [6.07, 6.45) is 1.19. The van der Waals surface area contributed by atoms with Gasteiger partial charge in [-0.15, -0.1) is 0 Å². The van der Waals surface area contributed by atoms with Crippen molar-refractivity contribution in [3.63, 3.8) is 0 Å². The zero-order valence-corrected chi connectivity index (χ0v) is 21.0. The summed E-state index contributed by atoms with van der Waals surface area (Å²) >= 11 is 6.87. The largest absolute Gasteiger partial charge is 0.458 e. The van der Waals surface area contributed by atoms with E-state index in [0.29, 0.717) is 0 Å². The molecule has 0 N–H and O–H groups in total. The minimum Gasteiger partial charge on any atom is -0.458 e. The smallest absolute Gasteiger partial charge is 0.330 e. The fourth-order valence-corrected chi connectivity index (χ4v) is 5.96. The van der Waals surface area contributed by atoms with E-state index in [4.69, 9.17) is 16.3 Å². The quantitative estimate of drug-likeness (QED) is 0.143. The van der Waals surface area contributed by atoms with Crippen LogP contribution >= 0.6 is 11.6 Å². The molecular weight excluding hydrogens is 464 g/mol. The molecular formula is C33H25ClO2. The molecule has 176 valence electrons. The van der Waals surface area contributed by atoms with Crippen LogP contribution in [0.3, 0.4) is 0 Å². The molecule has 6 rings (SSSR count). The number of benzene rings is 5. The first-order valence-electron chi connectivity index (χ1n) is 12.1. The van der Waals surface area contributed by atoms with Crippen LogP contribution in [0.5, 0.6) is 0 Å². The summed E-state index contributed by atoms with van der Waals surface area (Å²) in [5, 5.41) is 5.23. The molecule has 0 amide bonds. The maximum Gasteiger partial charge on any atom is 0.330 e. The highest BCUT2D eigenvalue weighted by molar-refractivity contribution is 6.42. The van der Waals surface area contributed by atoms with Gasteiger partial charge in [-0.25, -0.2) is 4.79 Å². The number of rotatable bonds is 4. The van der Waals surface area contributed by atoms with Gasteiger partial charge >= 0.3 is 5.97 Å². The van der Waals surface area contributed by atoms with E-state index in [1.165, 1.54) is 39.5 Å². The lowest BCUT2D eigenvalue weighted by Crippen LogP contribution is -2.15. The number of esters is 1. The molecule has 0 saturated heterocycles. The molecule has 0 bridgehead atoms. The van der Waals surface area contributed by atoms with Gasteiger partial charge in [0.1, 0.15) is 6.61 Å². The number of hydrogen-bond donors (Lipinski definition) is 0. The van der Waals surface area contributed by atoms with Gasteiger partial charge in [0, 0.05) is 22.3 Å². The van der Waals surface area contributed by atoms with Crippen molar-refractivity contribution in [1.29, 1.82) is 0 Å². The van der Waals surface area contributed by atoms with E-state index >= 15 is 0 Å². The first-order chi connectivity index (χ1) is 17.4. The van der Waals surface area contributed by atoms with Crippen LogP contribution < -0.4 is 0 Å². The standard InChI is InChI=1S/C33H25ClO2/c1-4-30(35)36-19-20-13-15-22-23-16-14-21(18-29(23)33(2,3)28(22)17-20)31-24-9-5-7-11-26(24)32(34)27-12-8-6-10-25(27)31/h4-18H,1,19H2,2-3H3. The molecule has 0 heterocycles. The van der Waals surface area contributed by atoms with Crippen molar-refractivity contribution in [2.45, 2.75) is 25.9 Å². The third kappa shape index (κ3) is 3.37. The Hall–Kier alpha value is -3.88. The van der Waals surface area contributed by atoms with Crippen LogP contribution in [-0.4, -0.2) is 5.97 Å². The second-order valence-electron chi connectivity index (χ2n) is 9.86. The lowest BCUT2D eigenvalue weighted by molar-refractivity contribution is -0.138. The van der Waals surface area contributed by atoms with Gasteiger partial charge in [-0.2, -0.15) is 0 Å². The Morgan fingerprint density at radius 2 is 1.39 bits per heavy atom. The van der Waals surface area contributed by atoms with Crippen LogP contribution in [0.1, 0.15) is 30.5 Å². The van der Waals surface area contributed by atoms with Gasteiger partial charge in [0.2, 0.25) is 0 Å². The Kier molecular flexibility index (Phi) is 5.24. The van der Waals surface area contributed by atoms with Crippen molar-refractivity contribution in [2.75, 3.05) is 0 Å². The summed E-state index contributed by atoms with van der Waals surface area (Å²) in [6, 6.07) is 29.9. The fraction of sp³-hybridized carbons (Fsp3) is 0.121. The molecule has 0 atom stereocenters. The summed E-state index contributed by atoms with van der Waals surface area (Å²) < 4.78 is 5.28. The highest BCUT2D eigenvalue weighted by Crippen LogP contribution is 2.51. The normalized spacial score (nSPS) is 13.4. The summed E-state index contributed by atoms with van der Waals surface area (Å²) in [7, 11) is 0. The van der Waals surface area contributed by atoms with Crippen LogP contribution in [0.2, 0.25) is 5.02 Å². The van der Waals surface area contributed by atoms with Crippen molar-refractivity contribution in [2.24, 2.45) is 0 Å². The maximum absolute atomic E-state index is 11.6. The first kappa shape index (κ1) is 22.6. The van der Waals surface area contributed by atoms with Gasteiger partial charge < -0.3 is 4.74 Å². The molecule has 1 aliphatic rings. The number of fused-ring (bicyclic) bond motifs is 5. The van der Waals surface area contributed by atoms with E-state index in [2.05, 4.69) is 87.2 Å². The molecule has 0 saturated carbocycles. The molecule has 3 heteroatoms. The Morgan fingerprint density at radius 1 is 0.833 bits per heavy atom. The molecule has 2 nitrogen and oxygen atoms in total. The Morgan fingerprint density at radius 3 is 2.00 bits per heavy atom. The van der Waals surface area contributed by atoms with Gasteiger partial charge in [0.15, 0.2) is 0 Å². The third-order valence-corrected chi connectivity index (χ3v) is 7.85. The van der Waals surface area contributed by atoms with Crippen LogP contribution in [0.15, 0.2) is 97.6 Å². The SMILES string of the molecule is C=CC(=O)OCc1ccc2c(c1)C(C)(C)c1cc(-c3c4ccccc4c(Cl)c4ccccc34)ccc1-2. The van der Waals surface area contributed by atoms with E-state index in [1.54, 1.807) is 0 Å². The number of carbonyl (C=O) groups excluding carboxylic acids is 1. The Balaban J connectivity index is 1.52. The second-order valence-corrected chi connectivity index (χ2v) is 10.2. The number of ether oxygens (including phenoxy) is 1. The average Bonchev–Trinajstić information content (AvgIpc) is 3.13. The van der Waals surface area contributed by atoms with Gasteiger partial charge in [0.05, 0.1) is 5.02 Å². The zero-order valence-electron chi connectivity index (χ0n) is 20.3. The van der Waals surface area contributed by atoms with E-state index < -0.39 is 5.97 Å². The molecule has 0 unspecified atom stereocenters. The first-order valence-corrected chi connectivity index (χ1v) is 12.4. The highest BCUT2D eigenvalue weighted by atomic mass is 35.5. The van der Waals surface area contributed by atoms with E-state index in [0.717, 1.165) is 32.1 Å². The van der Waals surface area contributed by atoms with Crippen molar-refractivity contribution in [3.05, 3.63) is 119 Å². The number of halogens is 1. The molecule has 0 radical (unpaired) electrons. The molecule has 0 fully saturated rings. The molecule has 5 aromatic rings. The topological polar surface area (TPSA) is 26.3 Å². The van der Waals surface area contributed by atoms with Gasteiger partial charge in [-0.3, -0.25) is 0 Å². The minimum atomic E-state index is -0.412. The van der Waals surface area contributed by atoms with Crippen LogP contribution in [0.4, 0.5) is 0 Å². The molecule has 0 spiro atoms. The number of carbonyl (C=O) groups is 1. The van der Waals surface area contributed by atoms with Crippen molar-refractivity contribution >= 4 is 39.1 Å². The van der Waals surface area contributed by atoms with Crippen LogP contribution in [0.25, 0.3) is 43.8 Å². The molecule has 0 aliphatic heterocycles. The second kappa shape index (κ2) is 8.36. The van der Waals surface area contributed by atoms with E-state index in [9.17, 15) is 4.79 Å². The van der Waals surface area contributed by atoms with Gasteiger partial charge in [-0.05, 0) is 55.8 Å². The molecule has 0 aromatic heterocycles. The van der Waals surface area contributed by atoms with Crippen molar-refractivity contribution in [1.82, 2.24) is 0 Å². The third-order valence-electron chi connectivity index (χ3n) is 7.44. The Labute approximate surface area is 215 Å². The summed E-state index contributed by atoms with van der Waals surface area (Å²) in [5.41, 5.74) is 8.17. The zero-order chi connectivity index (χ0) is 25.0. The average molecular weight is 489 g/mol. The molecule has 5 aromatic carbocycles. The highest BCUT2D eigenvalue weighted by Gasteiger charge is 2.36. The van der Waals surface area contributed by atoms with Crippen LogP contribution in [-0.2, 0) is 21.6 Å². The molecule has 36 heavy (non-hydrogen) atoms. The maximum atomic E-state index is 11.6. The van der Waals surface area contributed by atoms with Crippen molar-refractivity contribution in [3.8, 4) is 22.3 Å². The monoisotopic (exact) mass is 488 g/mol. The van der Waals surface area contributed by atoms with Crippen LogP contribution in [0, 0.1) is 0 Å². The van der Waals surface area contributed by atoms with Crippen molar-refractivity contribution < 1.29 is 9.53 Å². The van der Waals surface area contributed by atoms with Gasteiger partial charge in [-0.1, -0.05) is 111 Å². The predicted molar refractivity (Wildman–Crippen MR) is 149 cm³/mol. The predicted octanol–water partition coefficient (Wildman–Crippen LogP) is 8.85. The lowest BCUT2D eigenvalue weighted by Gasteiger charge is -2.23. The van der Waals surface area contributed by atoms with E-state index in [1.807, 2.05) is 18.2 Å². The van der Waals surface area contributed by atoms with E-state index in [-0.39, 0.29) is 12.0 Å². The Bertz CT molecular complexity index is 1650. The fourth-order valence-electron chi connectivity index (χ4n) is 5.63. The summed E-state index contributed by atoms with van der Waals surface area (Å²) in [6.45, 7) is 8.24. The summed E-state index contributed by atoms with van der Waals surface area (Å²) in [4.78, 5) is 11.6. The molecule has 1 aliphatic carbocycles. The number of hydrogen-bond acceptors (Lipinski definition) is 2. The minimum absolute atomic E-state index is 0.197. The van der Waals surface area contributed by atoms with Gasteiger partial charge in [0.25, 0.3) is 0 Å². The lowest BCUT2D eigenvalue weighted by atomic mass is 9.80.